The molecule has 30 heavy (non-hydrogen) atoms. The molecule has 0 unspecified atom stereocenters. The second kappa shape index (κ2) is 11.3. The molecule has 0 aromatic heterocycles. The summed E-state index contributed by atoms with van der Waals surface area (Å²) in [6, 6.07) is 0. The van der Waals surface area contributed by atoms with Crippen molar-refractivity contribution in [1.29, 1.82) is 0 Å². The van der Waals surface area contributed by atoms with Crippen LogP contribution in [0.4, 0.5) is 0 Å². The van der Waals surface area contributed by atoms with Crippen LogP contribution in [-0.2, 0) is 14.3 Å². The molecule has 0 aliphatic heterocycles. The zero-order valence-electron chi connectivity index (χ0n) is 20.9. The molecule has 4 nitrogen and oxygen atoms in total. The topological polar surface area (TPSA) is 35.5 Å². The number of carbonyl (C=O) groups is 1. The third-order valence-electron chi connectivity index (χ3n) is 8.55. The summed E-state index contributed by atoms with van der Waals surface area (Å²) < 4.78 is 12.5. The van der Waals surface area contributed by atoms with Gasteiger partial charge in [0.2, 0.25) is 0 Å². The molecule has 0 aromatic rings. The second-order valence-electron chi connectivity index (χ2n) is 11.5. The van der Waals surface area contributed by atoms with Gasteiger partial charge in [0.05, 0.1) is 33.4 Å². The zero-order chi connectivity index (χ0) is 22.3. The largest absolute Gasteiger partial charge is 0.462 e. The molecule has 0 N–H and O–H groups in total. The molecule has 0 spiro atoms. The Hall–Kier alpha value is -0.610. The van der Waals surface area contributed by atoms with Gasteiger partial charge >= 0.3 is 5.97 Å². The predicted octanol–water partition coefficient (Wildman–Crippen LogP) is 5.98. The van der Waals surface area contributed by atoms with E-state index in [1.54, 1.807) is 0 Å². The van der Waals surface area contributed by atoms with Gasteiger partial charge in [-0.2, -0.15) is 0 Å². The van der Waals surface area contributed by atoms with Gasteiger partial charge in [-0.15, -0.1) is 0 Å². The maximum Gasteiger partial charge on any atom is 0.361 e. The fourth-order valence-electron chi connectivity index (χ4n) is 5.72. The van der Waals surface area contributed by atoms with Crippen LogP contribution in [0.5, 0.6) is 0 Å². The maximum absolute atomic E-state index is 12.2. The van der Waals surface area contributed by atoms with Gasteiger partial charge in [0.25, 0.3) is 0 Å². The first-order valence-electron chi connectivity index (χ1n) is 12.7. The van der Waals surface area contributed by atoms with Crippen molar-refractivity contribution in [3.8, 4) is 0 Å². The number of carbonyl (C=O) groups excluding carboxylic acids is 1. The highest BCUT2D eigenvalue weighted by Gasteiger charge is 2.61. The second-order valence-corrected chi connectivity index (χ2v) is 11.5. The Balaban J connectivity index is 1.55. The van der Waals surface area contributed by atoms with Crippen LogP contribution in [0.25, 0.3) is 0 Å². The van der Waals surface area contributed by atoms with Crippen molar-refractivity contribution >= 4 is 5.97 Å². The molecule has 0 amide bonds. The summed E-state index contributed by atoms with van der Waals surface area (Å²) in [5, 5.41) is 0. The third-order valence-corrected chi connectivity index (χ3v) is 8.55. The van der Waals surface area contributed by atoms with Crippen LogP contribution >= 0.6 is 0 Å². The highest BCUT2D eigenvalue weighted by molar-refractivity contribution is 5.70. The lowest BCUT2D eigenvalue weighted by Gasteiger charge is -2.39. The summed E-state index contributed by atoms with van der Waals surface area (Å²) in [6.45, 7) is 12.1. The van der Waals surface area contributed by atoms with E-state index in [4.69, 9.17) is 9.47 Å². The van der Waals surface area contributed by atoms with E-state index in [9.17, 15) is 4.79 Å². The zero-order valence-corrected chi connectivity index (χ0v) is 20.9. The molecule has 2 saturated carbocycles. The summed E-state index contributed by atoms with van der Waals surface area (Å²) >= 11 is 0. The Morgan fingerprint density at radius 2 is 1.60 bits per heavy atom. The Morgan fingerprint density at radius 1 is 0.967 bits per heavy atom. The number of rotatable bonds is 15. The predicted molar refractivity (Wildman–Crippen MR) is 124 cm³/mol. The van der Waals surface area contributed by atoms with E-state index in [1.807, 2.05) is 0 Å². The SMILES string of the molecule is CCCCCCCCCCOC(=O)C[N+](C)(C)CCO[C@H]1C[C@@H]2CC[C@@]1(C)C2(C)C. The summed E-state index contributed by atoms with van der Waals surface area (Å²) in [4.78, 5) is 12.2. The summed E-state index contributed by atoms with van der Waals surface area (Å²) in [5.41, 5.74) is 0.699. The lowest BCUT2D eigenvalue weighted by Crippen LogP contribution is -2.47. The minimum atomic E-state index is -0.0732. The van der Waals surface area contributed by atoms with Crippen LogP contribution in [0, 0.1) is 16.7 Å². The van der Waals surface area contributed by atoms with Crippen LogP contribution in [0.15, 0.2) is 0 Å². The first-order chi connectivity index (χ1) is 14.1. The maximum atomic E-state index is 12.2. The van der Waals surface area contributed by atoms with Crippen molar-refractivity contribution < 1.29 is 18.8 Å². The van der Waals surface area contributed by atoms with Crippen molar-refractivity contribution in [1.82, 2.24) is 0 Å². The minimum absolute atomic E-state index is 0.0732. The molecule has 2 bridgehead atoms. The number of quaternary nitrogens is 1. The number of fused-ring (bicyclic) bond motifs is 2. The average Bonchev–Trinajstić information content (AvgIpc) is 2.99. The Bertz CT molecular complexity index is 530. The number of unbranched alkanes of at least 4 members (excludes halogenated alkanes) is 7. The summed E-state index contributed by atoms with van der Waals surface area (Å²) in [6.07, 6.45) is 14.3. The van der Waals surface area contributed by atoms with Crippen LogP contribution < -0.4 is 0 Å². The molecule has 2 fully saturated rings. The van der Waals surface area contributed by atoms with Crippen LogP contribution in [0.3, 0.4) is 0 Å². The Labute approximate surface area is 186 Å². The molecule has 0 radical (unpaired) electrons. The molecule has 0 aromatic carbocycles. The first kappa shape index (κ1) is 25.6. The number of likely N-dealkylation sites (N-methyl/N-ethyl adjacent to an activating group) is 1. The molecule has 3 atom stereocenters. The van der Waals surface area contributed by atoms with E-state index in [1.165, 1.54) is 64.2 Å². The molecule has 2 aliphatic carbocycles. The minimum Gasteiger partial charge on any atom is -0.462 e. The van der Waals surface area contributed by atoms with Crippen molar-refractivity contribution in [3.63, 3.8) is 0 Å². The summed E-state index contributed by atoms with van der Waals surface area (Å²) in [7, 11) is 4.21. The standard InChI is InChI=1S/C26H50NO3/c1-7-8-9-10-11-12-13-14-18-30-24(28)21-27(5,6)17-19-29-23-20-22-15-16-26(23,4)25(22,2)3/h22-23H,7-21H2,1-6H3/q+1/t22-,23-,26+/m0/s1. The molecule has 4 heteroatoms. The molecule has 2 rings (SSSR count). The van der Waals surface area contributed by atoms with Crippen molar-refractivity contribution in [3.05, 3.63) is 0 Å². The van der Waals surface area contributed by atoms with Gasteiger partial charge in [-0.05, 0) is 42.4 Å². The highest BCUT2D eigenvalue weighted by Crippen LogP contribution is 2.66. The van der Waals surface area contributed by atoms with Crippen LogP contribution in [0.2, 0.25) is 0 Å². The number of hydrogen-bond donors (Lipinski definition) is 0. The number of ether oxygens (including phenoxy) is 2. The van der Waals surface area contributed by atoms with Gasteiger partial charge in [0.15, 0.2) is 6.54 Å². The quantitative estimate of drug-likeness (QED) is 0.184. The van der Waals surface area contributed by atoms with Gasteiger partial charge < -0.3 is 14.0 Å². The van der Waals surface area contributed by atoms with Gasteiger partial charge in [-0.1, -0.05) is 72.6 Å². The molecule has 0 heterocycles. The van der Waals surface area contributed by atoms with E-state index in [-0.39, 0.29) is 5.97 Å². The van der Waals surface area contributed by atoms with Gasteiger partial charge in [0.1, 0.15) is 6.54 Å². The number of esters is 1. The third kappa shape index (κ3) is 6.69. The lowest BCUT2D eigenvalue weighted by atomic mass is 9.70. The first-order valence-corrected chi connectivity index (χ1v) is 12.7. The van der Waals surface area contributed by atoms with E-state index in [0.29, 0.717) is 34.6 Å². The molecular formula is C26H50NO3+. The van der Waals surface area contributed by atoms with Crippen molar-refractivity contribution in [2.75, 3.05) is 40.4 Å². The van der Waals surface area contributed by atoms with Crippen molar-refractivity contribution in [2.45, 2.75) is 104 Å². The Morgan fingerprint density at radius 3 is 2.17 bits per heavy atom. The van der Waals surface area contributed by atoms with E-state index in [0.717, 1.165) is 25.5 Å². The van der Waals surface area contributed by atoms with Crippen LogP contribution in [0.1, 0.15) is 98.3 Å². The molecule has 176 valence electrons. The van der Waals surface area contributed by atoms with Crippen molar-refractivity contribution in [2.24, 2.45) is 16.7 Å². The average molecular weight is 425 g/mol. The Kier molecular flexibility index (Phi) is 9.67. The summed E-state index contributed by atoms with van der Waals surface area (Å²) in [5.74, 6) is 0.734. The molecule has 2 aliphatic rings. The van der Waals surface area contributed by atoms with E-state index in [2.05, 4.69) is 41.8 Å². The van der Waals surface area contributed by atoms with E-state index >= 15 is 0 Å². The fraction of sp³-hybridized carbons (Fsp3) is 0.962. The van der Waals surface area contributed by atoms with Gasteiger partial charge in [0, 0.05) is 0 Å². The lowest BCUT2D eigenvalue weighted by molar-refractivity contribution is -0.883. The smallest absolute Gasteiger partial charge is 0.361 e. The number of hydrogen-bond acceptors (Lipinski definition) is 3. The van der Waals surface area contributed by atoms with E-state index < -0.39 is 0 Å². The highest BCUT2D eigenvalue weighted by atomic mass is 16.5. The molecule has 0 saturated heterocycles. The fourth-order valence-corrected chi connectivity index (χ4v) is 5.72. The monoisotopic (exact) mass is 424 g/mol. The van der Waals surface area contributed by atoms with Crippen LogP contribution in [-0.4, -0.2) is 57.0 Å². The van der Waals surface area contributed by atoms with Gasteiger partial charge in [-0.3, -0.25) is 0 Å². The van der Waals surface area contributed by atoms with Gasteiger partial charge in [-0.25, -0.2) is 4.79 Å². The molecular weight excluding hydrogens is 374 g/mol. The number of nitrogens with zero attached hydrogens (tertiary/aromatic N) is 1. The normalized spacial score (nSPS) is 27.5.